The number of nitro groups is 1. The molecule has 0 radical (unpaired) electrons. The summed E-state index contributed by atoms with van der Waals surface area (Å²) in [4.78, 5) is 49.1. The molecule has 2 saturated heterocycles. The van der Waals surface area contributed by atoms with Crippen LogP contribution in [0.25, 0.3) is 6.08 Å². The van der Waals surface area contributed by atoms with E-state index in [1.807, 2.05) is 0 Å². The number of ether oxygens (including phenoxy) is 1. The molecule has 0 atom stereocenters. The monoisotopic (exact) mass is 360 g/mol. The van der Waals surface area contributed by atoms with Gasteiger partial charge in [0.05, 0.1) is 18.1 Å². The summed E-state index contributed by atoms with van der Waals surface area (Å²) in [5, 5.41) is 13.1. The molecular weight excluding hydrogens is 344 g/mol. The van der Waals surface area contributed by atoms with Crippen molar-refractivity contribution in [2.45, 2.75) is 0 Å². The molecule has 4 amide bonds. The van der Waals surface area contributed by atoms with Gasteiger partial charge in [-0.25, -0.2) is 9.69 Å². The van der Waals surface area contributed by atoms with Gasteiger partial charge in [-0.1, -0.05) is 0 Å². The van der Waals surface area contributed by atoms with Crippen LogP contribution in [0.1, 0.15) is 5.56 Å². The summed E-state index contributed by atoms with van der Waals surface area (Å²) in [5.41, 5.74) is 0.450. The van der Waals surface area contributed by atoms with Crippen LogP contribution in [0.3, 0.4) is 0 Å². The number of urea groups is 1. The van der Waals surface area contributed by atoms with Crippen molar-refractivity contribution < 1.29 is 24.0 Å². The fourth-order valence-electron chi connectivity index (χ4n) is 2.62. The number of hydrogen-bond donors (Lipinski definition) is 1. The fraction of sp³-hybridized carbons (Fsp3) is 0.312. The number of benzene rings is 1. The maximum atomic E-state index is 12.4. The lowest BCUT2D eigenvalue weighted by Crippen LogP contribution is -2.47. The molecule has 3 rings (SSSR count). The van der Waals surface area contributed by atoms with Crippen molar-refractivity contribution in [2.75, 3.05) is 32.8 Å². The Balaban J connectivity index is 1.69. The quantitative estimate of drug-likeness (QED) is 0.358. The van der Waals surface area contributed by atoms with Crippen molar-refractivity contribution in [2.24, 2.45) is 0 Å². The van der Waals surface area contributed by atoms with E-state index in [4.69, 9.17) is 4.74 Å². The largest absolute Gasteiger partial charge is 0.378 e. The van der Waals surface area contributed by atoms with Gasteiger partial charge in [0.2, 0.25) is 5.91 Å². The van der Waals surface area contributed by atoms with Gasteiger partial charge in [0.1, 0.15) is 12.2 Å². The van der Waals surface area contributed by atoms with Crippen LogP contribution in [0.5, 0.6) is 0 Å². The highest BCUT2D eigenvalue weighted by Crippen LogP contribution is 2.17. The number of amides is 4. The predicted octanol–water partition coefficient (Wildman–Crippen LogP) is 0.346. The van der Waals surface area contributed by atoms with Crippen LogP contribution in [-0.2, 0) is 14.3 Å². The lowest BCUT2D eigenvalue weighted by Gasteiger charge is -2.27. The molecule has 1 aromatic carbocycles. The van der Waals surface area contributed by atoms with Gasteiger partial charge in [-0.2, -0.15) is 0 Å². The number of nitrogens with one attached hydrogen (secondary N) is 1. The molecule has 0 aliphatic carbocycles. The molecule has 2 aliphatic heterocycles. The second kappa shape index (κ2) is 7.31. The van der Waals surface area contributed by atoms with Gasteiger partial charge >= 0.3 is 6.03 Å². The first kappa shape index (κ1) is 17.5. The first-order chi connectivity index (χ1) is 12.5. The lowest BCUT2D eigenvalue weighted by atomic mass is 10.1. The highest BCUT2D eigenvalue weighted by Gasteiger charge is 2.36. The minimum atomic E-state index is -0.676. The zero-order valence-electron chi connectivity index (χ0n) is 13.7. The van der Waals surface area contributed by atoms with Gasteiger partial charge in [-0.3, -0.25) is 19.7 Å². The smallest absolute Gasteiger partial charge is 0.329 e. The second-order valence-electron chi connectivity index (χ2n) is 5.72. The van der Waals surface area contributed by atoms with Gasteiger partial charge in [-0.05, 0) is 23.8 Å². The Morgan fingerprint density at radius 1 is 1.23 bits per heavy atom. The SMILES string of the molecule is O=C(CN1C(=O)N/C(=C\c2ccc([N+](=O)[O-])cc2)C1=O)N1CCOCC1. The average Bonchev–Trinajstić information content (AvgIpc) is 2.90. The maximum Gasteiger partial charge on any atom is 0.329 e. The molecule has 136 valence electrons. The van der Waals surface area contributed by atoms with Crippen molar-refractivity contribution in [1.29, 1.82) is 0 Å². The molecule has 10 heteroatoms. The Kier molecular flexibility index (Phi) is 4.94. The van der Waals surface area contributed by atoms with Crippen molar-refractivity contribution >= 4 is 29.6 Å². The van der Waals surface area contributed by atoms with Crippen LogP contribution < -0.4 is 5.32 Å². The van der Waals surface area contributed by atoms with Crippen molar-refractivity contribution in [3.8, 4) is 0 Å². The molecule has 2 heterocycles. The van der Waals surface area contributed by atoms with E-state index >= 15 is 0 Å². The molecule has 26 heavy (non-hydrogen) atoms. The van der Waals surface area contributed by atoms with Crippen molar-refractivity contribution in [1.82, 2.24) is 15.1 Å². The minimum absolute atomic E-state index is 0.0126. The summed E-state index contributed by atoms with van der Waals surface area (Å²) in [5.74, 6) is -0.941. The van der Waals surface area contributed by atoms with Gasteiger partial charge in [0.25, 0.3) is 11.6 Å². The van der Waals surface area contributed by atoms with Crippen LogP contribution in [-0.4, -0.2) is 65.4 Å². The minimum Gasteiger partial charge on any atom is -0.378 e. The lowest BCUT2D eigenvalue weighted by molar-refractivity contribution is -0.384. The van der Waals surface area contributed by atoms with Crippen molar-refractivity contribution in [3.63, 3.8) is 0 Å². The fourth-order valence-corrected chi connectivity index (χ4v) is 2.62. The van der Waals surface area contributed by atoms with Crippen LogP contribution in [0.2, 0.25) is 0 Å². The number of morpholine rings is 1. The second-order valence-corrected chi connectivity index (χ2v) is 5.72. The number of carbonyl (C=O) groups is 3. The van der Waals surface area contributed by atoms with Crippen LogP contribution in [0.4, 0.5) is 10.5 Å². The van der Waals surface area contributed by atoms with E-state index in [-0.39, 0.29) is 23.8 Å². The van der Waals surface area contributed by atoms with E-state index in [0.717, 1.165) is 4.90 Å². The van der Waals surface area contributed by atoms with Gasteiger partial charge in [0.15, 0.2) is 0 Å². The van der Waals surface area contributed by atoms with Gasteiger partial charge in [-0.15, -0.1) is 0 Å². The van der Waals surface area contributed by atoms with Crippen LogP contribution >= 0.6 is 0 Å². The number of carbonyl (C=O) groups excluding carboxylic acids is 3. The number of rotatable bonds is 4. The van der Waals surface area contributed by atoms with E-state index < -0.39 is 16.9 Å². The normalized spacial score (nSPS) is 19.0. The number of hydrogen-bond acceptors (Lipinski definition) is 6. The molecule has 0 aromatic heterocycles. The number of nitro benzene ring substituents is 1. The number of nitrogens with zero attached hydrogens (tertiary/aromatic N) is 3. The number of non-ortho nitro benzene ring substituents is 1. The Labute approximate surface area is 148 Å². The van der Waals surface area contributed by atoms with E-state index in [0.29, 0.717) is 31.9 Å². The Morgan fingerprint density at radius 2 is 1.88 bits per heavy atom. The zero-order chi connectivity index (χ0) is 18.7. The molecule has 0 unspecified atom stereocenters. The first-order valence-electron chi connectivity index (χ1n) is 7.90. The summed E-state index contributed by atoms with van der Waals surface area (Å²) in [6.07, 6.45) is 1.41. The van der Waals surface area contributed by atoms with E-state index in [1.165, 1.54) is 30.3 Å². The summed E-state index contributed by atoms with van der Waals surface area (Å²) < 4.78 is 5.16. The molecule has 2 aliphatic rings. The third kappa shape index (κ3) is 3.70. The Morgan fingerprint density at radius 3 is 2.50 bits per heavy atom. The van der Waals surface area contributed by atoms with E-state index in [1.54, 1.807) is 4.90 Å². The molecule has 2 fully saturated rings. The summed E-state index contributed by atoms with van der Waals surface area (Å²) in [7, 11) is 0. The summed E-state index contributed by atoms with van der Waals surface area (Å²) in [6, 6.07) is 4.85. The average molecular weight is 360 g/mol. The summed E-state index contributed by atoms with van der Waals surface area (Å²) in [6.45, 7) is 1.36. The standard InChI is InChI=1S/C16H16N4O6/c21-14(18-5-7-26-8-6-18)10-19-15(22)13(17-16(19)23)9-11-1-3-12(4-2-11)20(24)25/h1-4,9H,5-8,10H2,(H,17,23)/b13-9-. The molecule has 0 spiro atoms. The molecule has 0 bridgehead atoms. The van der Waals surface area contributed by atoms with Crippen LogP contribution in [0, 0.1) is 10.1 Å². The zero-order valence-corrected chi connectivity index (χ0v) is 13.7. The predicted molar refractivity (Wildman–Crippen MR) is 88.7 cm³/mol. The maximum absolute atomic E-state index is 12.4. The first-order valence-corrected chi connectivity index (χ1v) is 7.90. The third-order valence-electron chi connectivity index (χ3n) is 4.03. The molecule has 1 N–H and O–H groups in total. The Bertz CT molecular complexity index is 782. The highest BCUT2D eigenvalue weighted by molar-refractivity contribution is 6.15. The Hall–Kier alpha value is -3.27. The van der Waals surface area contributed by atoms with Gasteiger partial charge in [0, 0.05) is 25.2 Å². The molecular formula is C16H16N4O6. The number of imide groups is 1. The van der Waals surface area contributed by atoms with Crippen LogP contribution in [0.15, 0.2) is 30.0 Å². The van der Waals surface area contributed by atoms with Crippen molar-refractivity contribution in [3.05, 3.63) is 45.6 Å². The van der Waals surface area contributed by atoms with E-state index in [9.17, 15) is 24.5 Å². The third-order valence-corrected chi connectivity index (χ3v) is 4.03. The van der Waals surface area contributed by atoms with E-state index in [2.05, 4.69) is 5.32 Å². The highest BCUT2D eigenvalue weighted by atomic mass is 16.6. The molecule has 1 aromatic rings. The topological polar surface area (TPSA) is 122 Å². The summed E-state index contributed by atoms with van der Waals surface area (Å²) >= 11 is 0. The molecule has 0 saturated carbocycles. The van der Waals surface area contributed by atoms with Gasteiger partial charge < -0.3 is 15.0 Å². The molecule has 10 nitrogen and oxygen atoms in total.